The summed E-state index contributed by atoms with van der Waals surface area (Å²) in [5.74, 6) is -0.0620. The van der Waals surface area contributed by atoms with E-state index in [1.807, 2.05) is 27.7 Å². The third kappa shape index (κ3) is 4.76. The number of carbonyl (C=O) groups excluding carboxylic acids is 1. The van der Waals surface area contributed by atoms with Gasteiger partial charge in [0.25, 0.3) is 0 Å². The molecule has 0 aliphatic carbocycles. The van der Waals surface area contributed by atoms with Crippen LogP contribution in [0.2, 0.25) is 0 Å². The molecule has 0 saturated carbocycles. The molecular weight excluding hydrogens is 256 g/mol. The maximum absolute atomic E-state index is 11.5. The van der Waals surface area contributed by atoms with Crippen LogP contribution in [0.5, 0.6) is 11.5 Å². The van der Waals surface area contributed by atoms with Crippen LogP contribution in [0.1, 0.15) is 52.5 Å². The predicted molar refractivity (Wildman–Crippen MR) is 77.9 cm³/mol. The van der Waals surface area contributed by atoms with Crippen LogP contribution in [0.4, 0.5) is 0 Å². The molecule has 0 bridgehead atoms. The fourth-order valence-electron chi connectivity index (χ4n) is 2.22. The molecule has 1 aromatic rings. The van der Waals surface area contributed by atoms with Gasteiger partial charge in [-0.3, -0.25) is 4.79 Å². The molecule has 0 aromatic heterocycles. The lowest BCUT2D eigenvalue weighted by Gasteiger charge is -2.26. The molecule has 0 unspecified atom stereocenters. The quantitative estimate of drug-likeness (QED) is 0.783. The van der Waals surface area contributed by atoms with Crippen molar-refractivity contribution in [2.75, 3.05) is 0 Å². The highest BCUT2D eigenvalue weighted by Crippen LogP contribution is 2.36. The minimum atomic E-state index is -0.268. The fraction of sp³-hybridized carbons (Fsp3) is 0.562. The first kappa shape index (κ1) is 16.3. The standard InChI is InChI=1S/C16H24O4/c1-11(2)20-15(19)6-5-9-16(3,4)13-8-7-12(17)10-14(13)18/h7-8,10-11,17-18H,5-6,9H2,1-4H3. The third-order valence-corrected chi connectivity index (χ3v) is 3.26. The molecule has 0 heterocycles. The Morgan fingerprint density at radius 2 is 1.95 bits per heavy atom. The van der Waals surface area contributed by atoms with E-state index in [1.165, 1.54) is 6.07 Å². The van der Waals surface area contributed by atoms with E-state index < -0.39 is 0 Å². The van der Waals surface area contributed by atoms with Crippen molar-refractivity contribution in [2.45, 2.75) is 58.5 Å². The molecule has 0 amide bonds. The van der Waals surface area contributed by atoms with Crippen LogP contribution in [0.3, 0.4) is 0 Å². The first-order chi connectivity index (χ1) is 9.22. The van der Waals surface area contributed by atoms with Gasteiger partial charge in [0.2, 0.25) is 0 Å². The average Bonchev–Trinajstić information content (AvgIpc) is 2.26. The van der Waals surface area contributed by atoms with E-state index in [4.69, 9.17) is 4.74 Å². The first-order valence-electron chi connectivity index (χ1n) is 6.94. The van der Waals surface area contributed by atoms with E-state index in [1.54, 1.807) is 12.1 Å². The normalized spacial score (nSPS) is 11.7. The van der Waals surface area contributed by atoms with Crippen LogP contribution >= 0.6 is 0 Å². The maximum Gasteiger partial charge on any atom is 0.306 e. The van der Waals surface area contributed by atoms with Gasteiger partial charge in [0.05, 0.1) is 6.10 Å². The first-order valence-corrected chi connectivity index (χ1v) is 6.94. The third-order valence-electron chi connectivity index (χ3n) is 3.26. The highest BCUT2D eigenvalue weighted by atomic mass is 16.5. The summed E-state index contributed by atoms with van der Waals surface area (Å²) in [5.41, 5.74) is 0.503. The van der Waals surface area contributed by atoms with Gasteiger partial charge in [0, 0.05) is 12.5 Å². The Morgan fingerprint density at radius 1 is 1.30 bits per heavy atom. The Hall–Kier alpha value is -1.71. The molecule has 4 heteroatoms. The SMILES string of the molecule is CC(C)OC(=O)CCCC(C)(C)c1ccc(O)cc1O. The van der Waals surface area contributed by atoms with Crippen molar-refractivity contribution in [1.82, 2.24) is 0 Å². The average molecular weight is 280 g/mol. The Kier molecular flexibility index (Phi) is 5.43. The largest absolute Gasteiger partial charge is 0.508 e. The minimum absolute atomic E-state index is 0.0440. The van der Waals surface area contributed by atoms with Gasteiger partial charge in [0.1, 0.15) is 11.5 Å². The molecule has 0 fully saturated rings. The van der Waals surface area contributed by atoms with Gasteiger partial charge in [-0.05, 0) is 43.7 Å². The smallest absolute Gasteiger partial charge is 0.306 e. The Morgan fingerprint density at radius 3 is 2.50 bits per heavy atom. The van der Waals surface area contributed by atoms with Gasteiger partial charge in [-0.25, -0.2) is 0 Å². The second-order valence-electron chi connectivity index (χ2n) is 5.98. The summed E-state index contributed by atoms with van der Waals surface area (Å²) in [6.45, 7) is 7.67. The number of aromatic hydroxyl groups is 2. The second-order valence-corrected chi connectivity index (χ2v) is 5.98. The summed E-state index contributed by atoms with van der Waals surface area (Å²) in [6, 6.07) is 4.62. The summed E-state index contributed by atoms with van der Waals surface area (Å²) in [4.78, 5) is 11.5. The summed E-state index contributed by atoms with van der Waals surface area (Å²) >= 11 is 0. The number of phenols is 2. The molecule has 0 atom stereocenters. The molecule has 1 aromatic carbocycles. The van der Waals surface area contributed by atoms with Crippen molar-refractivity contribution in [1.29, 1.82) is 0 Å². The number of hydrogen-bond donors (Lipinski definition) is 2. The summed E-state index contributed by atoms with van der Waals surface area (Å²) < 4.78 is 5.09. The molecule has 0 aliphatic heterocycles. The fourth-order valence-corrected chi connectivity index (χ4v) is 2.22. The zero-order chi connectivity index (χ0) is 15.3. The van der Waals surface area contributed by atoms with E-state index in [9.17, 15) is 15.0 Å². The number of carbonyl (C=O) groups is 1. The number of ether oxygens (including phenoxy) is 1. The van der Waals surface area contributed by atoms with Crippen molar-refractivity contribution in [3.63, 3.8) is 0 Å². The van der Waals surface area contributed by atoms with Crippen molar-refractivity contribution in [3.05, 3.63) is 23.8 Å². The molecule has 20 heavy (non-hydrogen) atoms. The van der Waals surface area contributed by atoms with Gasteiger partial charge >= 0.3 is 5.97 Å². The number of phenolic OH excluding ortho intramolecular Hbond substituents is 2. The Bertz CT molecular complexity index is 464. The monoisotopic (exact) mass is 280 g/mol. The molecule has 1 rings (SSSR count). The lowest BCUT2D eigenvalue weighted by Crippen LogP contribution is -2.18. The Labute approximate surface area is 120 Å². The molecule has 0 saturated heterocycles. The van der Waals surface area contributed by atoms with Crippen LogP contribution in [-0.4, -0.2) is 22.3 Å². The zero-order valence-corrected chi connectivity index (χ0v) is 12.6. The van der Waals surface area contributed by atoms with Crippen LogP contribution in [-0.2, 0) is 14.9 Å². The number of rotatable bonds is 6. The molecule has 0 aliphatic rings. The number of esters is 1. The molecule has 0 radical (unpaired) electrons. The van der Waals surface area contributed by atoms with Gasteiger partial charge < -0.3 is 14.9 Å². The molecular formula is C16H24O4. The van der Waals surface area contributed by atoms with E-state index in [0.29, 0.717) is 12.8 Å². The summed E-state index contributed by atoms with van der Waals surface area (Å²) in [6.07, 6.45) is 1.73. The lowest BCUT2D eigenvalue weighted by atomic mass is 9.79. The van der Waals surface area contributed by atoms with Gasteiger partial charge in [-0.1, -0.05) is 19.9 Å². The number of benzene rings is 1. The van der Waals surface area contributed by atoms with E-state index >= 15 is 0 Å². The van der Waals surface area contributed by atoms with Crippen molar-refractivity contribution >= 4 is 5.97 Å². The van der Waals surface area contributed by atoms with Crippen LogP contribution in [0.25, 0.3) is 0 Å². The van der Waals surface area contributed by atoms with Crippen LogP contribution in [0.15, 0.2) is 18.2 Å². The Balaban J connectivity index is 2.59. The molecule has 112 valence electrons. The van der Waals surface area contributed by atoms with Gasteiger partial charge in [0.15, 0.2) is 0 Å². The zero-order valence-electron chi connectivity index (χ0n) is 12.6. The van der Waals surface area contributed by atoms with Crippen molar-refractivity contribution in [3.8, 4) is 11.5 Å². The summed E-state index contributed by atoms with van der Waals surface area (Å²) in [5, 5.41) is 19.2. The van der Waals surface area contributed by atoms with Crippen LogP contribution < -0.4 is 0 Å². The van der Waals surface area contributed by atoms with E-state index in [2.05, 4.69) is 0 Å². The second kappa shape index (κ2) is 6.64. The minimum Gasteiger partial charge on any atom is -0.508 e. The highest BCUT2D eigenvalue weighted by molar-refractivity contribution is 5.69. The molecule has 4 nitrogen and oxygen atoms in total. The maximum atomic E-state index is 11.5. The topological polar surface area (TPSA) is 66.8 Å². The predicted octanol–water partition coefficient (Wildman–Crippen LogP) is 3.50. The van der Waals surface area contributed by atoms with Crippen molar-refractivity contribution in [2.24, 2.45) is 0 Å². The molecule has 0 spiro atoms. The van der Waals surface area contributed by atoms with E-state index in [0.717, 1.165) is 12.0 Å². The van der Waals surface area contributed by atoms with Crippen LogP contribution in [0, 0.1) is 0 Å². The van der Waals surface area contributed by atoms with E-state index in [-0.39, 0.29) is 29.0 Å². The van der Waals surface area contributed by atoms with Crippen molar-refractivity contribution < 1.29 is 19.7 Å². The highest BCUT2D eigenvalue weighted by Gasteiger charge is 2.24. The summed E-state index contributed by atoms with van der Waals surface area (Å²) in [7, 11) is 0. The lowest BCUT2D eigenvalue weighted by molar-refractivity contribution is -0.147. The molecule has 2 N–H and O–H groups in total. The van der Waals surface area contributed by atoms with Gasteiger partial charge in [-0.2, -0.15) is 0 Å². The number of hydrogen-bond acceptors (Lipinski definition) is 4. The van der Waals surface area contributed by atoms with Gasteiger partial charge in [-0.15, -0.1) is 0 Å².